The molecule has 40 heavy (non-hydrogen) atoms. The molecular weight excluding hydrogens is 492 g/mol. The highest BCUT2D eigenvalue weighted by atomic mass is 16.5. The summed E-state index contributed by atoms with van der Waals surface area (Å²) in [5.74, 6) is 0.830. The molecule has 1 atom stereocenters. The minimum atomic E-state index is -0.250. The number of hydrogen-bond acceptors (Lipinski definition) is 3. The van der Waals surface area contributed by atoms with Crippen LogP contribution in [-0.2, 0) is 9.53 Å². The van der Waals surface area contributed by atoms with Gasteiger partial charge in [0.15, 0.2) is 0 Å². The highest BCUT2D eigenvalue weighted by molar-refractivity contribution is 5.83. The van der Waals surface area contributed by atoms with Gasteiger partial charge in [-0.1, -0.05) is 139 Å². The maximum Gasteiger partial charge on any atom is 0.306 e. The lowest BCUT2D eigenvalue weighted by Gasteiger charge is -2.15. The second-order valence-corrected chi connectivity index (χ2v) is 11.0. The molecule has 0 N–H and O–H groups in total. The summed E-state index contributed by atoms with van der Waals surface area (Å²) in [5.41, 5.74) is 5.71. The fourth-order valence-corrected chi connectivity index (χ4v) is 5.10. The Hall–Kier alpha value is -3.07. The fourth-order valence-electron chi connectivity index (χ4n) is 5.10. The van der Waals surface area contributed by atoms with Crippen molar-refractivity contribution < 1.29 is 14.3 Å². The minimum Gasteiger partial charge on any atom is -0.494 e. The first-order valence-electron chi connectivity index (χ1n) is 15.7. The molecule has 0 saturated carbocycles. The van der Waals surface area contributed by atoms with E-state index in [1.807, 2.05) is 6.92 Å². The second kappa shape index (κ2) is 18.3. The van der Waals surface area contributed by atoms with Crippen LogP contribution in [0, 0.1) is 0 Å². The van der Waals surface area contributed by atoms with Crippen molar-refractivity contribution in [3.8, 4) is 28.0 Å². The van der Waals surface area contributed by atoms with Crippen LogP contribution in [-0.4, -0.2) is 12.6 Å². The van der Waals surface area contributed by atoms with Gasteiger partial charge in [0.05, 0.1) is 6.61 Å². The molecule has 3 aromatic rings. The summed E-state index contributed by atoms with van der Waals surface area (Å²) >= 11 is 0. The van der Waals surface area contributed by atoms with Gasteiger partial charge in [-0.05, 0) is 59.7 Å². The van der Waals surface area contributed by atoms with Crippen LogP contribution in [0.2, 0.25) is 0 Å². The first-order valence-corrected chi connectivity index (χ1v) is 15.7. The summed E-state index contributed by atoms with van der Waals surface area (Å²) in [7, 11) is 0. The minimum absolute atomic E-state index is 0.0978. The summed E-state index contributed by atoms with van der Waals surface area (Å²) in [6.45, 7) is 7.21. The summed E-state index contributed by atoms with van der Waals surface area (Å²) in [6.07, 6.45) is 14.9. The normalized spacial score (nSPS) is 11.8. The van der Waals surface area contributed by atoms with E-state index in [4.69, 9.17) is 9.47 Å². The predicted molar refractivity (Wildman–Crippen MR) is 169 cm³/mol. The molecule has 1 unspecified atom stereocenters. The van der Waals surface area contributed by atoms with Gasteiger partial charge >= 0.3 is 5.97 Å². The monoisotopic (exact) mass is 542 g/mol. The summed E-state index contributed by atoms with van der Waals surface area (Å²) < 4.78 is 11.7. The zero-order valence-electron chi connectivity index (χ0n) is 25.1. The van der Waals surface area contributed by atoms with Gasteiger partial charge in [-0.2, -0.15) is 0 Å². The molecule has 216 valence electrons. The Balaban J connectivity index is 1.53. The Morgan fingerprint density at radius 1 is 0.625 bits per heavy atom. The van der Waals surface area contributed by atoms with Gasteiger partial charge in [0.1, 0.15) is 11.9 Å². The molecule has 0 aromatic heterocycles. The molecule has 0 amide bonds. The largest absolute Gasteiger partial charge is 0.494 e. The topological polar surface area (TPSA) is 35.5 Å². The smallest absolute Gasteiger partial charge is 0.306 e. The lowest BCUT2D eigenvalue weighted by Crippen LogP contribution is -2.08. The third-order valence-corrected chi connectivity index (χ3v) is 7.59. The van der Waals surface area contributed by atoms with Crippen molar-refractivity contribution in [3.05, 3.63) is 78.4 Å². The van der Waals surface area contributed by atoms with Gasteiger partial charge in [-0.15, -0.1) is 0 Å². The average Bonchev–Trinajstić information content (AvgIpc) is 2.99. The van der Waals surface area contributed by atoms with Crippen molar-refractivity contribution in [3.63, 3.8) is 0 Å². The quantitative estimate of drug-likeness (QED) is 0.112. The third-order valence-electron chi connectivity index (χ3n) is 7.59. The molecule has 0 aliphatic heterocycles. The summed E-state index contributed by atoms with van der Waals surface area (Å²) in [6, 6.07) is 25.3. The number of rotatable bonds is 19. The van der Waals surface area contributed by atoms with E-state index in [-0.39, 0.29) is 12.1 Å². The number of benzene rings is 3. The van der Waals surface area contributed by atoms with Crippen molar-refractivity contribution in [2.45, 2.75) is 110 Å². The van der Waals surface area contributed by atoms with Crippen LogP contribution in [0.25, 0.3) is 22.3 Å². The number of hydrogen-bond donors (Lipinski definition) is 0. The number of ether oxygens (including phenoxy) is 2. The van der Waals surface area contributed by atoms with E-state index in [2.05, 4.69) is 86.6 Å². The molecule has 0 aliphatic rings. The first kappa shape index (κ1) is 31.5. The summed E-state index contributed by atoms with van der Waals surface area (Å²) in [4.78, 5) is 12.4. The van der Waals surface area contributed by atoms with Crippen LogP contribution < -0.4 is 4.74 Å². The number of unbranched alkanes of at least 4 members (excludes halogenated alkanes) is 10. The standard InChI is InChI=1S/C37H50O3/c1-4-6-8-10-11-12-14-20-37(38)40-30(3)31-21-23-32(24-22-31)35-18-15-16-19-36(35)33-25-27-34(28-26-33)39-29-17-13-9-7-5-2/h15-16,18-19,21-28,30H,4-14,17,20,29H2,1-3H3. The SMILES string of the molecule is CCCCCCCCCC(=O)OC(C)c1ccc(-c2ccccc2-c2ccc(OCCCCCCC)cc2)cc1. The van der Waals surface area contributed by atoms with Crippen LogP contribution in [0.5, 0.6) is 5.75 Å². The number of esters is 1. The number of carbonyl (C=O) groups excluding carboxylic acids is 1. The van der Waals surface area contributed by atoms with Crippen LogP contribution >= 0.6 is 0 Å². The molecule has 0 bridgehead atoms. The Kier molecular flexibility index (Phi) is 14.4. The van der Waals surface area contributed by atoms with E-state index in [9.17, 15) is 4.79 Å². The van der Waals surface area contributed by atoms with Crippen molar-refractivity contribution >= 4 is 5.97 Å². The van der Waals surface area contributed by atoms with E-state index < -0.39 is 0 Å². The van der Waals surface area contributed by atoms with Gasteiger partial charge in [-0.25, -0.2) is 0 Å². The highest BCUT2D eigenvalue weighted by Crippen LogP contribution is 2.33. The molecule has 3 heteroatoms. The molecule has 0 saturated heterocycles. The predicted octanol–water partition coefficient (Wildman–Crippen LogP) is 11.1. The van der Waals surface area contributed by atoms with Crippen molar-refractivity contribution in [1.82, 2.24) is 0 Å². The van der Waals surface area contributed by atoms with E-state index in [1.54, 1.807) is 0 Å². The maximum atomic E-state index is 12.4. The molecule has 0 spiro atoms. The zero-order chi connectivity index (χ0) is 28.4. The lowest BCUT2D eigenvalue weighted by molar-refractivity contribution is -0.148. The first-order chi connectivity index (χ1) is 19.6. The molecule has 3 nitrogen and oxygen atoms in total. The molecule has 3 rings (SSSR count). The van der Waals surface area contributed by atoms with Gasteiger partial charge in [-0.3, -0.25) is 4.79 Å². The molecular formula is C37H50O3. The van der Waals surface area contributed by atoms with Crippen molar-refractivity contribution in [2.24, 2.45) is 0 Å². The van der Waals surface area contributed by atoms with Gasteiger partial charge in [0.25, 0.3) is 0 Å². The van der Waals surface area contributed by atoms with Crippen molar-refractivity contribution in [1.29, 1.82) is 0 Å². The van der Waals surface area contributed by atoms with E-state index in [0.717, 1.165) is 42.7 Å². The fraction of sp³-hybridized carbons (Fsp3) is 0.486. The van der Waals surface area contributed by atoms with E-state index in [0.29, 0.717) is 6.42 Å². The Morgan fingerprint density at radius 2 is 1.12 bits per heavy atom. The van der Waals surface area contributed by atoms with E-state index >= 15 is 0 Å². The highest BCUT2D eigenvalue weighted by Gasteiger charge is 2.13. The molecule has 0 aliphatic carbocycles. The number of carbonyl (C=O) groups is 1. The lowest BCUT2D eigenvalue weighted by atomic mass is 9.93. The third kappa shape index (κ3) is 10.8. The second-order valence-electron chi connectivity index (χ2n) is 11.0. The van der Waals surface area contributed by atoms with Crippen LogP contribution in [0.3, 0.4) is 0 Å². The van der Waals surface area contributed by atoms with Gasteiger partial charge < -0.3 is 9.47 Å². The van der Waals surface area contributed by atoms with E-state index in [1.165, 1.54) is 74.5 Å². The van der Waals surface area contributed by atoms with Crippen molar-refractivity contribution in [2.75, 3.05) is 6.61 Å². The summed E-state index contributed by atoms with van der Waals surface area (Å²) in [5, 5.41) is 0. The molecule has 0 heterocycles. The molecule has 0 radical (unpaired) electrons. The molecule has 0 fully saturated rings. The van der Waals surface area contributed by atoms with Crippen LogP contribution in [0.1, 0.15) is 116 Å². The average molecular weight is 543 g/mol. The Labute approximate surface area is 243 Å². The zero-order valence-corrected chi connectivity index (χ0v) is 25.1. The maximum absolute atomic E-state index is 12.4. The van der Waals surface area contributed by atoms with Crippen LogP contribution in [0.4, 0.5) is 0 Å². The Bertz CT molecular complexity index is 1100. The Morgan fingerprint density at radius 3 is 1.70 bits per heavy atom. The van der Waals surface area contributed by atoms with Crippen LogP contribution in [0.15, 0.2) is 72.8 Å². The van der Waals surface area contributed by atoms with Gasteiger partial charge in [0, 0.05) is 6.42 Å². The van der Waals surface area contributed by atoms with Gasteiger partial charge in [0.2, 0.25) is 0 Å². The molecule has 3 aromatic carbocycles.